The van der Waals surface area contributed by atoms with Crippen molar-refractivity contribution in [2.24, 2.45) is 0 Å². The summed E-state index contributed by atoms with van der Waals surface area (Å²) in [5.74, 6) is 1.42. The molecule has 0 saturated heterocycles. The van der Waals surface area contributed by atoms with Gasteiger partial charge in [-0.2, -0.15) is 0 Å². The Balaban J connectivity index is 1.39. The molecule has 1 aromatic heterocycles. The number of carbonyl (C=O) groups excluding carboxylic acids is 1. The molecule has 3 aromatic carbocycles. The molecular weight excluding hydrogens is 454 g/mol. The van der Waals surface area contributed by atoms with Gasteiger partial charge in [-0.1, -0.05) is 46.3 Å². The summed E-state index contributed by atoms with van der Waals surface area (Å²) in [7, 11) is 0. The van der Waals surface area contributed by atoms with Crippen molar-refractivity contribution < 1.29 is 14.3 Å². The molecule has 0 atom stereocenters. The molecule has 154 valence electrons. The summed E-state index contributed by atoms with van der Waals surface area (Å²) in [6.07, 6.45) is 3.89. The van der Waals surface area contributed by atoms with Crippen molar-refractivity contribution in [1.29, 1.82) is 0 Å². The maximum atomic E-state index is 12.9. The van der Waals surface area contributed by atoms with E-state index in [0.717, 1.165) is 33.0 Å². The van der Waals surface area contributed by atoms with E-state index in [4.69, 9.17) is 9.47 Å². The van der Waals surface area contributed by atoms with Gasteiger partial charge in [-0.25, -0.2) is 0 Å². The lowest BCUT2D eigenvalue weighted by Gasteiger charge is -2.07. The number of rotatable bonds is 5. The lowest BCUT2D eigenvalue weighted by molar-refractivity contribution is 0.101. The molecule has 5 rings (SSSR count). The Morgan fingerprint density at radius 2 is 1.87 bits per heavy atom. The zero-order valence-corrected chi connectivity index (χ0v) is 18.6. The van der Waals surface area contributed by atoms with Crippen LogP contribution in [-0.4, -0.2) is 10.4 Å². The van der Waals surface area contributed by atoms with E-state index in [0.29, 0.717) is 29.4 Å². The third kappa shape index (κ3) is 3.77. The van der Waals surface area contributed by atoms with E-state index in [1.165, 1.54) is 0 Å². The highest BCUT2D eigenvalue weighted by Gasteiger charge is 2.28. The van der Waals surface area contributed by atoms with Gasteiger partial charge in [-0.3, -0.25) is 4.79 Å². The first-order valence-corrected chi connectivity index (χ1v) is 10.9. The molecule has 4 nitrogen and oxygen atoms in total. The second kappa shape index (κ2) is 8.08. The maximum Gasteiger partial charge on any atom is 0.231 e. The molecule has 0 unspecified atom stereocenters. The van der Waals surface area contributed by atoms with E-state index in [-0.39, 0.29) is 5.78 Å². The van der Waals surface area contributed by atoms with E-state index < -0.39 is 0 Å². The minimum absolute atomic E-state index is 0.109. The van der Waals surface area contributed by atoms with E-state index in [2.05, 4.69) is 45.8 Å². The number of aryl methyl sites for hydroxylation is 1. The Kier molecular flexibility index (Phi) is 5.12. The number of nitrogens with zero attached hydrogens (tertiary/aromatic N) is 1. The SMILES string of the molecule is CCn1cc(/C=C2/Oc3cc(OCc4ccc(Br)cc4)ccc3C2=O)c2ccccc21. The van der Waals surface area contributed by atoms with Crippen LogP contribution in [0.1, 0.15) is 28.4 Å². The van der Waals surface area contributed by atoms with Gasteiger partial charge in [0, 0.05) is 39.7 Å². The zero-order chi connectivity index (χ0) is 21.4. The standard InChI is InChI=1S/C26H20BrNO3/c1-2-28-15-18(21-5-3-4-6-23(21)28)13-25-26(29)22-12-11-20(14-24(22)31-25)30-16-17-7-9-19(27)10-8-17/h3-15H,2,16H2,1H3/b25-13+. The second-order valence-corrected chi connectivity index (χ2v) is 8.32. The highest BCUT2D eigenvalue weighted by Crippen LogP contribution is 2.36. The van der Waals surface area contributed by atoms with Crippen molar-refractivity contribution in [2.45, 2.75) is 20.1 Å². The molecule has 0 radical (unpaired) electrons. The maximum absolute atomic E-state index is 12.9. The largest absolute Gasteiger partial charge is 0.489 e. The van der Waals surface area contributed by atoms with Gasteiger partial charge in [0.25, 0.3) is 0 Å². The molecule has 5 heteroatoms. The van der Waals surface area contributed by atoms with Crippen LogP contribution in [0.2, 0.25) is 0 Å². The van der Waals surface area contributed by atoms with E-state index in [1.807, 2.05) is 48.5 Å². The number of ether oxygens (including phenoxy) is 2. The smallest absolute Gasteiger partial charge is 0.231 e. The number of ketones is 1. The van der Waals surface area contributed by atoms with Gasteiger partial charge in [-0.05, 0) is 48.9 Å². The molecule has 0 fully saturated rings. The Hall–Kier alpha value is -3.31. The first kappa shape index (κ1) is 19.6. The van der Waals surface area contributed by atoms with Gasteiger partial charge in [0.05, 0.1) is 5.56 Å². The zero-order valence-electron chi connectivity index (χ0n) is 17.0. The summed E-state index contributed by atoms with van der Waals surface area (Å²) in [5.41, 5.74) is 3.74. The van der Waals surface area contributed by atoms with Crippen LogP contribution in [-0.2, 0) is 13.2 Å². The number of hydrogen-bond acceptors (Lipinski definition) is 3. The molecule has 0 saturated carbocycles. The number of allylic oxidation sites excluding steroid dienone is 1. The third-order valence-corrected chi connectivity index (χ3v) is 5.94. The fraction of sp³-hybridized carbons (Fsp3) is 0.115. The number of hydrogen-bond donors (Lipinski definition) is 0. The minimum atomic E-state index is -0.109. The molecule has 1 aliphatic heterocycles. The first-order valence-electron chi connectivity index (χ1n) is 10.2. The average Bonchev–Trinajstić information content (AvgIpc) is 3.31. The van der Waals surface area contributed by atoms with Crippen molar-refractivity contribution in [3.05, 3.63) is 99.8 Å². The number of carbonyl (C=O) groups is 1. The van der Waals surface area contributed by atoms with Crippen molar-refractivity contribution in [1.82, 2.24) is 4.57 Å². The predicted molar refractivity (Wildman–Crippen MR) is 125 cm³/mol. The minimum Gasteiger partial charge on any atom is -0.489 e. The highest BCUT2D eigenvalue weighted by atomic mass is 79.9. The first-order chi connectivity index (χ1) is 15.1. The van der Waals surface area contributed by atoms with Gasteiger partial charge in [0.15, 0.2) is 5.76 Å². The van der Waals surface area contributed by atoms with Gasteiger partial charge in [0.2, 0.25) is 5.78 Å². The van der Waals surface area contributed by atoms with Gasteiger partial charge in [-0.15, -0.1) is 0 Å². The van der Waals surface area contributed by atoms with Gasteiger partial charge < -0.3 is 14.0 Å². The normalized spacial score (nSPS) is 14.1. The Bertz CT molecular complexity index is 1320. The van der Waals surface area contributed by atoms with Gasteiger partial charge >= 0.3 is 0 Å². The van der Waals surface area contributed by atoms with Crippen LogP contribution in [0, 0.1) is 0 Å². The molecule has 4 aromatic rings. The second-order valence-electron chi connectivity index (χ2n) is 7.40. The molecular formula is C26H20BrNO3. The van der Waals surface area contributed by atoms with E-state index >= 15 is 0 Å². The number of benzene rings is 3. The topological polar surface area (TPSA) is 40.5 Å². The van der Waals surface area contributed by atoms with Crippen LogP contribution >= 0.6 is 15.9 Å². The average molecular weight is 474 g/mol. The van der Waals surface area contributed by atoms with Crippen LogP contribution in [0.5, 0.6) is 11.5 Å². The lowest BCUT2D eigenvalue weighted by atomic mass is 10.1. The van der Waals surface area contributed by atoms with Crippen LogP contribution in [0.25, 0.3) is 17.0 Å². The Labute approximate surface area is 188 Å². The Morgan fingerprint density at radius 1 is 1.06 bits per heavy atom. The number of halogens is 1. The summed E-state index contributed by atoms with van der Waals surface area (Å²) in [6.45, 7) is 3.41. The molecule has 1 aliphatic rings. The number of para-hydroxylation sites is 1. The molecule has 0 spiro atoms. The summed E-state index contributed by atoms with van der Waals surface area (Å²) >= 11 is 3.43. The van der Waals surface area contributed by atoms with E-state index in [1.54, 1.807) is 12.1 Å². The number of fused-ring (bicyclic) bond motifs is 2. The van der Waals surface area contributed by atoms with Crippen LogP contribution in [0.4, 0.5) is 0 Å². The molecule has 31 heavy (non-hydrogen) atoms. The summed E-state index contributed by atoms with van der Waals surface area (Å²) < 4.78 is 15.0. The van der Waals surface area contributed by atoms with Crippen LogP contribution in [0.15, 0.2) is 83.2 Å². The Morgan fingerprint density at radius 3 is 2.68 bits per heavy atom. The fourth-order valence-corrected chi connectivity index (χ4v) is 4.06. The molecule has 2 heterocycles. The van der Waals surface area contributed by atoms with Crippen molar-refractivity contribution in [3.8, 4) is 11.5 Å². The van der Waals surface area contributed by atoms with E-state index in [9.17, 15) is 4.79 Å². The highest BCUT2D eigenvalue weighted by molar-refractivity contribution is 9.10. The number of Topliss-reactive ketones (excluding diaryl/α,β-unsaturated/α-hetero) is 1. The predicted octanol–water partition coefficient (Wildman–Crippen LogP) is 6.62. The van der Waals surface area contributed by atoms with Crippen molar-refractivity contribution >= 4 is 38.7 Å². The van der Waals surface area contributed by atoms with Crippen LogP contribution in [0.3, 0.4) is 0 Å². The molecule has 0 aliphatic carbocycles. The molecule has 0 N–H and O–H groups in total. The third-order valence-electron chi connectivity index (χ3n) is 5.41. The summed E-state index contributed by atoms with van der Waals surface area (Å²) in [4.78, 5) is 12.9. The fourth-order valence-electron chi connectivity index (χ4n) is 3.80. The molecule has 0 amide bonds. The van der Waals surface area contributed by atoms with Gasteiger partial charge in [0.1, 0.15) is 18.1 Å². The molecule has 0 bridgehead atoms. The number of aromatic nitrogens is 1. The monoisotopic (exact) mass is 473 g/mol. The van der Waals surface area contributed by atoms with Crippen molar-refractivity contribution in [3.63, 3.8) is 0 Å². The lowest BCUT2D eigenvalue weighted by Crippen LogP contribution is -1.98. The quantitative estimate of drug-likeness (QED) is 0.305. The van der Waals surface area contributed by atoms with Crippen molar-refractivity contribution in [2.75, 3.05) is 0 Å². The summed E-state index contributed by atoms with van der Waals surface area (Å²) in [6, 6.07) is 21.5. The summed E-state index contributed by atoms with van der Waals surface area (Å²) in [5, 5.41) is 1.10. The van der Waals surface area contributed by atoms with Crippen LogP contribution < -0.4 is 9.47 Å².